The number of alkyl halides is 1. The molecule has 1 unspecified atom stereocenters. The molecule has 1 aliphatic carbocycles. The Morgan fingerprint density at radius 2 is 2.13 bits per heavy atom. The highest BCUT2D eigenvalue weighted by Gasteiger charge is 2.28. The molecule has 1 saturated carbocycles. The molecule has 2 heterocycles. The quantitative estimate of drug-likeness (QED) is 0.658. The highest BCUT2D eigenvalue weighted by molar-refractivity contribution is 6.17. The molecule has 2 aromatic rings. The predicted octanol–water partition coefficient (Wildman–Crippen LogP) is 3.75. The van der Waals surface area contributed by atoms with Crippen molar-refractivity contribution in [3.05, 3.63) is 29.7 Å². The maximum absolute atomic E-state index is 11.2. The monoisotopic (exact) mass is 336 g/mol. The van der Waals surface area contributed by atoms with Crippen LogP contribution in [0.3, 0.4) is 0 Å². The molecule has 124 valence electrons. The molecule has 0 spiro atoms. The Labute approximate surface area is 139 Å². The van der Waals surface area contributed by atoms with Crippen molar-refractivity contribution in [2.24, 2.45) is 5.92 Å². The van der Waals surface area contributed by atoms with Crippen LogP contribution < -0.4 is 5.32 Å². The van der Waals surface area contributed by atoms with Gasteiger partial charge in [0.2, 0.25) is 0 Å². The van der Waals surface area contributed by atoms with Crippen LogP contribution in [-0.4, -0.2) is 25.8 Å². The summed E-state index contributed by atoms with van der Waals surface area (Å²) in [5, 5.41) is 16.2. The zero-order valence-electron chi connectivity index (χ0n) is 12.9. The summed E-state index contributed by atoms with van der Waals surface area (Å²) in [5.41, 5.74) is 2.33. The molecule has 2 N–H and O–H groups in total. The van der Waals surface area contributed by atoms with E-state index in [-0.39, 0.29) is 12.0 Å². The summed E-state index contributed by atoms with van der Waals surface area (Å²) in [6.45, 7) is 0. The molecule has 1 fully saturated rings. The van der Waals surface area contributed by atoms with Crippen LogP contribution in [0.1, 0.15) is 55.8 Å². The lowest BCUT2D eigenvalue weighted by Gasteiger charge is -2.24. The third-order valence-electron chi connectivity index (χ3n) is 4.52. The molecule has 0 aliphatic heterocycles. The van der Waals surface area contributed by atoms with Crippen LogP contribution >= 0.6 is 11.6 Å². The van der Waals surface area contributed by atoms with Crippen LogP contribution in [0.5, 0.6) is 0 Å². The number of carbonyl (C=O) groups is 1. The van der Waals surface area contributed by atoms with E-state index in [2.05, 4.69) is 15.4 Å². The number of amides is 1. The average Bonchev–Trinajstić information content (AvgIpc) is 2.77. The van der Waals surface area contributed by atoms with E-state index in [0.717, 1.165) is 36.9 Å². The van der Waals surface area contributed by atoms with Crippen LogP contribution in [0, 0.1) is 5.92 Å². The van der Waals surface area contributed by atoms with Gasteiger partial charge in [-0.3, -0.25) is 0 Å². The number of aromatic nitrogens is 3. The topological polar surface area (TPSA) is 79.5 Å². The number of hydrogen-bond donors (Lipinski definition) is 2. The molecule has 6 nitrogen and oxygen atoms in total. The number of nitrogens with zero attached hydrogens (tertiary/aromatic N) is 3. The van der Waals surface area contributed by atoms with Gasteiger partial charge in [0.25, 0.3) is 0 Å². The second-order valence-electron chi connectivity index (χ2n) is 6.14. The molecule has 0 aromatic carbocycles. The van der Waals surface area contributed by atoms with Crippen molar-refractivity contribution in [2.45, 2.75) is 50.4 Å². The first-order valence-corrected chi connectivity index (χ1v) is 8.60. The fourth-order valence-corrected chi connectivity index (χ4v) is 3.51. The predicted molar refractivity (Wildman–Crippen MR) is 87.6 cm³/mol. The summed E-state index contributed by atoms with van der Waals surface area (Å²) >= 11 is 5.84. The minimum absolute atomic E-state index is 0.283. The summed E-state index contributed by atoms with van der Waals surface area (Å²) in [4.78, 5) is 15.8. The maximum atomic E-state index is 11.2. The van der Waals surface area contributed by atoms with E-state index >= 15 is 0 Å². The minimum Gasteiger partial charge on any atom is -0.465 e. The summed E-state index contributed by atoms with van der Waals surface area (Å²) in [7, 11) is 0. The fourth-order valence-electron chi connectivity index (χ4n) is 3.37. The zero-order valence-corrected chi connectivity index (χ0v) is 13.7. The standard InChI is InChI=1S/C16H21ClN4O2/c17-8-11-7-14-19-13(10-21(14)18-9-11)15(20-16(22)23)12-5-3-1-2-4-6-12/h7,9-10,12,15,20H,1-6,8H2,(H,22,23). The minimum atomic E-state index is -1.01. The van der Waals surface area contributed by atoms with Gasteiger partial charge in [-0.05, 0) is 30.4 Å². The molecule has 7 heteroatoms. The van der Waals surface area contributed by atoms with Crippen molar-refractivity contribution < 1.29 is 9.90 Å². The van der Waals surface area contributed by atoms with E-state index in [9.17, 15) is 9.90 Å². The molecule has 23 heavy (non-hydrogen) atoms. The summed E-state index contributed by atoms with van der Waals surface area (Å²) in [5.74, 6) is 0.663. The number of hydrogen-bond acceptors (Lipinski definition) is 3. The molecule has 1 amide bonds. The SMILES string of the molecule is O=C(O)NC(c1cn2ncc(CCl)cc2n1)C1CCCCCC1. The molecule has 0 saturated heterocycles. The van der Waals surface area contributed by atoms with Crippen molar-refractivity contribution in [1.29, 1.82) is 0 Å². The summed E-state index contributed by atoms with van der Waals surface area (Å²) < 4.78 is 1.68. The Bertz CT molecular complexity index is 680. The number of nitrogens with one attached hydrogen (secondary N) is 1. The molecule has 2 aromatic heterocycles. The molecule has 0 bridgehead atoms. The van der Waals surface area contributed by atoms with Gasteiger partial charge >= 0.3 is 6.09 Å². The molecule has 0 radical (unpaired) electrons. The lowest BCUT2D eigenvalue weighted by atomic mass is 9.90. The van der Waals surface area contributed by atoms with Crippen LogP contribution in [0.25, 0.3) is 5.65 Å². The average molecular weight is 337 g/mol. The van der Waals surface area contributed by atoms with Gasteiger partial charge in [-0.2, -0.15) is 5.10 Å². The number of fused-ring (bicyclic) bond motifs is 1. The number of carboxylic acid groups (broad SMARTS) is 1. The van der Waals surface area contributed by atoms with Gasteiger partial charge in [-0.1, -0.05) is 25.7 Å². The van der Waals surface area contributed by atoms with Crippen molar-refractivity contribution in [1.82, 2.24) is 19.9 Å². The summed E-state index contributed by atoms with van der Waals surface area (Å²) in [6, 6.07) is 1.60. The smallest absolute Gasteiger partial charge is 0.405 e. The lowest BCUT2D eigenvalue weighted by molar-refractivity contribution is 0.181. The van der Waals surface area contributed by atoms with Crippen LogP contribution in [-0.2, 0) is 5.88 Å². The normalized spacial score (nSPS) is 17.8. The highest BCUT2D eigenvalue weighted by atomic mass is 35.5. The molecule has 3 rings (SSSR count). The molecule has 1 atom stereocenters. The van der Waals surface area contributed by atoms with Gasteiger partial charge in [-0.15, -0.1) is 11.6 Å². The Morgan fingerprint density at radius 3 is 2.78 bits per heavy atom. The first kappa shape index (κ1) is 16.1. The van der Waals surface area contributed by atoms with Gasteiger partial charge in [0.05, 0.1) is 24.1 Å². The van der Waals surface area contributed by atoms with E-state index in [1.165, 1.54) is 12.8 Å². The Kier molecular flexibility index (Phi) is 5.00. The highest BCUT2D eigenvalue weighted by Crippen LogP contribution is 2.33. The number of imidazole rings is 1. The van der Waals surface area contributed by atoms with Crippen molar-refractivity contribution in [2.75, 3.05) is 0 Å². The lowest BCUT2D eigenvalue weighted by Crippen LogP contribution is -2.32. The van der Waals surface area contributed by atoms with Crippen LogP contribution in [0.2, 0.25) is 0 Å². The van der Waals surface area contributed by atoms with Crippen LogP contribution in [0.4, 0.5) is 4.79 Å². The Balaban J connectivity index is 1.93. The van der Waals surface area contributed by atoms with E-state index < -0.39 is 6.09 Å². The molecular weight excluding hydrogens is 316 g/mol. The second kappa shape index (κ2) is 7.17. The van der Waals surface area contributed by atoms with Gasteiger partial charge in [0.1, 0.15) is 0 Å². The largest absolute Gasteiger partial charge is 0.465 e. The zero-order chi connectivity index (χ0) is 16.2. The van der Waals surface area contributed by atoms with E-state index in [1.54, 1.807) is 10.7 Å². The molecule has 1 aliphatic rings. The number of halogens is 1. The third kappa shape index (κ3) is 3.75. The fraction of sp³-hybridized carbons (Fsp3) is 0.562. The van der Waals surface area contributed by atoms with Crippen molar-refractivity contribution >= 4 is 23.3 Å². The van der Waals surface area contributed by atoms with E-state index in [1.807, 2.05) is 12.3 Å². The van der Waals surface area contributed by atoms with Gasteiger partial charge in [0.15, 0.2) is 5.65 Å². The molecular formula is C16H21ClN4O2. The van der Waals surface area contributed by atoms with Gasteiger partial charge in [0, 0.05) is 5.88 Å². The van der Waals surface area contributed by atoms with Crippen molar-refractivity contribution in [3.8, 4) is 0 Å². The van der Waals surface area contributed by atoms with E-state index in [4.69, 9.17) is 11.6 Å². The first-order chi connectivity index (χ1) is 11.2. The van der Waals surface area contributed by atoms with E-state index in [0.29, 0.717) is 11.5 Å². The van der Waals surface area contributed by atoms with Crippen molar-refractivity contribution in [3.63, 3.8) is 0 Å². The van der Waals surface area contributed by atoms with Crippen LogP contribution in [0.15, 0.2) is 18.5 Å². The second-order valence-corrected chi connectivity index (χ2v) is 6.41. The van der Waals surface area contributed by atoms with Gasteiger partial charge < -0.3 is 10.4 Å². The maximum Gasteiger partial charge on any atom is 0.405 e. The Morgan fingerprint density at radius 1 is 1.39 bits per heavy atom. The summed E-state index contributed by atoms with van der Waals surface area (Å²) in [6.07, 6.45) is 9.30. The Hall–Kier alpha value is -1.82. The van der Waals surface area contributed by atoms with Gasteiger partial charge in [-0.25, -0.2) is 14.3 Å². The third-order valence-corrected chi connectivity index (χ3v) is 4.83. The first-order valence-electron chi connectivity index (χ1n) is 8.07. The number of rotatable bonds is 4.